The molecule has 2 heterocycles. The molecule has 2 saturated heterocycles. The fourth-order valence-corrected chi connectivity index (χ4v) is 6.15. The average Bonchev–Trinajstić information content (AvgIpc) is 3.15. The summed E-state index contributed by atoms with van der Waals surface area (Å²) in [6.07, 6.45) is 3.80. The summed E-state index contributed by atoms with van der Waals surface area (Å²) in [5, 5.41) is 5.01. The number of esters is 1. The Morgan fingerprint density at radius 3 is 2.56 bits per heavy atom. The van der Waals surface area contributed by atoms with Gasteiger partial charge in [0.15, 0.2) is 0 Å². The standard InChI is InChI=1S/C24H35Cl2N3O3S2.O.Tc/c1-32-24(31)23-18(16-3-5-19(25)20(26)13-16)14-17-4-6-21(23)29(17)9-2-8-28(10-12-34)15-22(30)27-7-11-33;;/h3,5,13,17-18,21,23H,2,4,6-12,14-15H2,1H3,(H3,27,30,33,34);;/q;;+3/p-3/t17-,18-,21+,23-;;/m0../s1/i;;1+1. The molecule has 0 spiro atoms. The first-order chi connectivity index (χ1) is 17.4. The van der Waals surface area contributed by atoms with Gasteiger partial charge in [0.1, 0.15) is 0 Å². The van der Waals surface area contributed by atoms with Gasteiger partial charge < -0.3 is 40.1 Å². The number of hydrogen-bond donors (Lipinski definition) is 0. The van der Waals surface area contributed by atoms with Crippen LogP contribution in [0.5, 0.6) is 0 Å². The zero-order chi connectivity index (χ0) is 26.7. The van der Waals surface area contributed by atoms with Crippen molar-refractivity contribution in [2.75, 3.05) is 51.3 Å². The molecule has 0 aromatic heterocycles. The Kier molecular flexibility index (Phi) is 14.9. The number of piperidine rings is 1. The minimum atomic E-state index is -0.247. The predicted molar refractivity (Wildman–Crippen MR) is 142 cm³/mol. The number of fused-ring (bicyclic) bond motifs is 2. The Morgan fingerprint density at radius 2 is 1.92 bits per heavy atom. The molecule has 2 aliphatic heterocycles. The molecule has 36 heavy (non-hydrogen) atoms. The second-order valence-electron chi connectivity index (χ2n) is 8.91. The van der Waals surface area contributed by atoms with Crippen LogP contribution in [-0.2, 0) is 61.9 Å². The van der Waals surface area contributed by atoms with Crippen molar-refractivity contribution >= 4 is 60.3 Å². The van der Waals surface area contributed by atoms with Gasteiger partial charge in [-0.3, -0.25) is 14.6 Å². The molecule has 1 amide bonds. The van der Waals surface area contributed by atoms with E-state index in [9.17, 15) is 9.59 Å². The second kappa shape index (κ2) is 16.7. The van der Waals surface area contributed by atoms with Crippen LogP contribution in [0.3, 0.4) is 0 Å². The van der Waals surface area contributed by atoms with Crippen molar-refractivity contribution in [3.8, 4) is 0 Å². The first-order valence-corrected chi connectivity index (χ1v) is 14.6. The number of ether oxygens (including phenoxy) is 1. The van der Waals surface area contributed by atoms with Crippen LogP contribution in [0.2, 0.25) is 10.0 Å². The zero-order valence-corrected chi connectivity index (χ0v) is 25.2. The normalized spacial score (nSPS) is 23.1. The van der Waals surface area contributed by atoms with Crippen molar-refractivity contribution < 1.29 is 36.7 Å². The van der Waals surface area contributed by atoms with Gasteiger partial charge in [0.2, 0.25) is 0 Å². The maximum absolute atomic E-state index is 12.9. The molecule has 0 aliphatic carbocycles. The SMILES string of the molecule is COC(=O)[C@@H]1[C@H]2CC[C@@H](C[C@H]1c1ccc(Cl)c(Cl)c1)N2CCCN(CC[S-])CC(=O)[N-]CC[S-].[O]=[99Tc+3]. The number of benzene rings is 1. The van der Waals surface area contributed by atoms with Crippen molar-refractivity contribution in [1.29, 1.82) is 0 Å². The van der Waals surface area contributed by atoms with Gasteiger partial charge in [-0.05, 0) is 63.0 Å². The third-order valence-corrected chi connectivity index (χ3v) is 8.05. The molecule has 7 nitrogen and oxygen atoms in total. The summed E-state index contributed by atoms with van der Waals surface area (Å²) in [5.74, 6) is 0.517. The third kappa shape index (κ3) is 8.66. The summed E-state index contributed by atoms with van der Waals surface area (Å²) in [5.41, 5.74) is 1.04. The van der Waals surface area contributed by atoms with Crippen molar-refractivity contribution in [2.45, 2.75) is 43.7 Å². The number of rotatable bonds is 12. The van der Waals surface area contributed by atoms with E-state index < -0.39 is 0 Å². The molecule has 2 bridgehead atoms. The van der Waals surface area contributed by atoms with E-state index in [0.29, 0.717) is 40.7 Å². The fourth-order valence-electron chi connectivity index (χ4n) is 5.49. The molecule has 200 valence electrons. The molecule has 0 saturated carbocycles. The molecule has 2 aliphatic rings. The maximum atomic E-state index is 12.9. The van der Waals surface area contributed by atoms with Crippen LogP contribution in [0.4, 0.5) is 0 Å². The Hall–Kier alpha value is -0.191. The molecular weight excluding hydrogens is 628 g/mol. The summed E-state index contributed by atoms with van der Waals surface area (Å²) in [7, 11) is 1.46. The number of hydrogen-bond acceptors (Lipinski definition) is 8. The van der Waals surface area contributed by atoms with Gasteiger partial charge in [-0.2, -0.15) is 18.1 Å². The van der Waals surface area contributed by atoms with Gasteiger partial charge in [-0.1, -0.05) is 29.3 Å². The molecular formula is C24H32Cl2N3O4S2Tc. The summed E-state index contributed by atoms with van der Waals surface area (Å²) >= 11 is 23.3. The number of nitrogens with zero attached hydrogens (tertiary/aromatic N) is 3. The average molecular weight is 660 g/mol. The van der Waals surface area contributed by atoms with E-state index in [1.807, 2.05) is 12.1 Å². The number of carbonyl (C=O) groups is 2. The Labute approximate surface area is 245 Å². The van der Waals surface area contributed by atoms with E-state index in [0.717, 1.165) is 63.2 Å². The number of methoxy groups -OCH3 is 1. The summed E-state index contributed by atoms with van der Waals surface area (Å²) in [4.78, 5) is 29.5. The number of carbonyl (C=O) groups excluding carboxylic acids is 2. The van der Waals surface area contributed by atoms with E-state index in [2.05, 4.69) is 15.1 Å². The quantitative estimate of drug-likeness (QED) is 0.249. The zero-order valence-electron chi connectivity index (χ0n) is 20.2. The van der Waals surface area contributed by atoms with Crippen molar-refractivity contribution in [1.82, 2.24) is 9.80 Å². The van der Waals surface area contributed by atoms with Crippen LogP contribution >= 0.6 is 23.2 Å². The molecule has 1 aromatic rings. The molecule has 3 rings (SSSR count). The third-order valence-electron chi connectivity index (χ3n) is 6.95. The van der Waals surface area contributed by atoms with E-state index in [-0.39, 0.29) is 36.3 Å². The van der Waals surface area contributed by atoms with Crippen LogP contribution < -0.4 is 0 Å². The fraction of sp³-hybridized carbons (Fsp3) is 0.667. The Bertz CT molecular complexity index is 873. The summed E-state index contributed by atoms with van der Waals surface area (Å²) < 4.78 is 13.5. The monoisotopic (exact) mass is 659 g/mol. The molecule has 4 atom stereocenters. The predicted octanol–water partition coefficient (Wildman–Crippen LogP) is 3.67. The molecule has 12 heteroatoms. The van der Waals surface area contributed by atoms with Gasteiger partial charge >= 0.3 is 28.3 Å². The van der Waals surface area contributed by atoms with Gasteiger partial charge in [-0.15, -0.1) is 0 Å². The topological polar surface area (TPSA) is 81.0 Å². The minimum absolute atomic E-state index is 0.0521. The summed E-state index contributed by atoms with van der Waals surface area (Å²) in [6, 6.07) is 6.20. The molecule has 0 radical (unpaired) electrons. The van der Waals surface area contributed by atoms with E-state index in [1.54, 1.807) is 6.07 Å². The number of halogens is 2. The van der Waals surface area contributed by atoms with Crippen LogP contribution in [0.25, 0.3) is 5.32 Å². The van der Waals surface area contributed by atoms with Crippen molar-refractivity contribution in [3.05, 3.63) is 39.1 Å². The van der Waals surface area contributed by atoms with Gasteiger partial charge in [-0.25, -0.2) is 0 Å². The van der Waals surface area contributed by atoms with Gasteiger partial charge in [0, 0.05) is 24.5 Å². The van der Waals surface area contributed by atoms with E-state index in [4.69, 9.17) is 56.7 Å². The molecule has 0 N–H and O–H groups in total. The van der Waals surface area contributed by atoms with Gasteiger partial charge in [0.05, 0.1) is 29.0 Å². The molecule has 0 unspecified atom stereocenters. The number of amides is 1. The Balaban J connectivity index is 0.00000222. The molecule has 1 aromatic carbocycles. The van der Waals surface area contributed by atoms with Crippen LogP contribution in [0.15, 0.2) is 18.2 Å². The molecule has 2 fully saturated rings. The second-order valence-corrected chi connectivity index (χ2v) is 10.5. The van der Waals surface area contributed by atoms with Crippen molar-refractivity contribution in [2.24, 2.45) is 5.92 Å². The van der Waals surface area contributed by atoms with Crippen LogP contribution in [-0.4, -0.2) is 85.1 Å². The van der Waals surface area contributed by atoms with Crippen molar-refractivity contribution in [3.63, 3.8) is 0 Å². The first-order valence-electron chi connectivity index (χ1n) is 11.9. The van der Waals surface area contributed by atoms with E-state index >= 15 is 0 Å². The first kappa shape index (κ1) is 32.0. The Morgan fingerprint density at radius 1 is 1.17 bits per heavy atom. The van der Waals surface area contributed by atoms with Crippen LogP contribution in [0.1, 0.15) is 37.2 Å². The van der Waals surface area contributed by atoms with Crippen LogP contribution in [0, 0.1) is 5.92 Å². The summed E-state index contributed by atoms with van der Waals surface area (Å²) in [6.45, 7) is 2.98. The van der Waals surface area contributed by atoms with Gasteiger partial charge in [0.25, 0.3) is 0 Å². The van der Waals surface area contributed by atoms with E-state index in [1.165, 1.54) is 7.11 Å².